The lowest BCUT2D eigenvalue weighted by Gasteiger charge is -2.06. The topological polar surface area (TPSA) is 30.7 Å². The summed E-state index contributed by atoms with van der Waals surface area (Å²) in [6.45, 7) is 3.01. The molecule has 3 heteroatoms. The highest BCUT2D eigenvalue weighted by atomic mass is 15.3. The van der Waals surface area contributed by atoms with Crippen molar-refractivity contribution in [2.24, 2.45) is 0 Å². The zero-order valence-corrected chi connectivity index (χ0v) is 15.1. The van der Waals surface area contributed by atoms with E-state index >= 15 is 0 Å². The van der Waals surface area contributed by atoms with Crippen molar-refractivity contribution in [2.45, 2.75) is 52.0 Å². The summed E-state index contributed by atoms with van der Waals surface area (Å²) in [6, 6.07) is 20.8. The minimum absolute atomic E-state index is 0.758. The van der Waals surface area contributed by atoms with Crippen LogP contribution in [0.25, 0.3) is 11.4 Å². The van der Waals surface area contributed by atoms with Gasteiger partial charge in [0.2, 0.25) is 0 Å². The van der Waals surface area contributed by atoms with Gasteiger partial charge in [-0.3, -0.25) is 0 Å². The second-order valence-corrected chi connectivity index (χ2v) is 6.53. The van der Waals surface area contributed by atoms with Crippen LogP contribution in [0.15, 0.2) is 60.7 Å². The van der Waals surface area contributed by atoms with Gasteiger partial charge in [-0.05, 0) is 12.0 Å². The summed E-state index contributed by atoms with van der Waals surface area (Å²) in [5, 5.41) is 4.81. The van der Waals surface area contributed by atoms with E-state index in [0.29, 0.717) is 0 Å². The normalized spacial score (nSPS) is 10.9. The molecule has 0 aliphatic heterocycles. The maximum atomic E-state index is 4.85. The van der Waals surface area contributed by atoms with Crippen molar-refractivity contribution in [1.29, 1.82) is 0 Å². The van der Waals surface area contributed by atoms with Crippen LogP contribution < -0.4 is 0 Å². The highest BCUT2D eigenvalue weighted by molar-refractivity contribution is 5.55. The Hall–Kier alpha value is -2.42. The third kappa shape index (κ3) is 5.02. The van der Waals surface area contributed by atoms with Crippen LogP contribution in [0, 0.1) is 0 Å². The monoisotopic (exact) mass is 333 g/mol. The smallest absolute Gasteiger partial charge is 0.158 e. The first-order valence-electron chi connectivity index (χ1n) is 9.40. The number of unbranched alkanes of at least 4 members (excludes halogenated alkanes) is 4. The van der Waals surface area contributed by atoms with E-state index < -0.39 is 0 Å². The van der Waals surface area contributed by atoms with Crippen molar-refractivity contribution < 1.29 is 0 Å². The van der Waals surface area contributed by atoms with E-state index in [1.54, 1.807) is 0 Å². The zero-order chi connectivity index (χ0) is 17.3. The van der Waals surface area contributed by atoms with E-state index in [4.69, 9.17) is 10.1 Å². The Bertz CT molecular complexity index is 747. The van der Waals surface area contributed by atoms with Crippen LogP contribution in [-0.2, 0) is 13.0 Å². The van der Waals surface area contributed by atoms with Gasteiger partial charge in [0.25, 0.3) is 0 Å². The number of aryl methyl sites for hydroxylation is 1. The van der Waals surface area contributed by atoms with Gasteiger partial charge in [-0.25, -0.2) is 9.67 Å². The Balaban J connectivity index is 1.77. The standard InChI is InChI=1S/C22H27N3/c1-2-3-4-5-12-17-21-23-22(20-15-10-7-11-16-20)25(24-21)18-19-13-8-6-9-14-19/h6-11,13-16H,2-5,12,17-18H2,1H3. The first-order valence-corrected chi connectivity index (χ1v) is 9.40. The molecule has 1 aromatic heterocycles. The first-order chi connectivity index (χ1) is 12.4. The molecule has 0 aliphatic carbocycles. The Kier molecular flexibility index (Phi) is 6.38. The van der Waals surface area contributed by atoms with Gasteiger partial charge < -0.3 is 0 Å². The number of hydrogen-bond donors (Lipinski definition) is 0. The molecule has 1 heterocycles. The average Bonchev–Trinajstić information content (AvgIpc) is 3.06. The fraction of sp³-hybridized carbons (Fsp3) is 0.364. The summed E-state index contributed by atoms with van der Waals surface area (Å²) < 4.78 is 2.05. The molecule has 0 spiro atoms. The molecule has 0 unspecified atom stereocenters. The van der Waals surface area contributed by atoms with Crippen molar-refractivity contribution in [2.75, 3.05) is 0 Å². The molecule has 0 saturated heterocycles. The summed E-state index contributed by atoms with van der Waals surface area (Å²) in [5.74, 6) is 1.93. The average molecular weight is 333 g/mol. The quantitative estimate of drug-likeness (QED) is 0.484. The lowest BCUT2D eigenvalue weighted by Crippen LogP contribution is -2.04. The largest absolute Gasteiger partial charge is 0.241 e. The Morgan fingerprint density at radius 2 is 1.48 bits per heavy atom. The molecule has 2 aromatic carbocycles. The second kappa shape index (κ2) is 9.16. The molecule has 25 heavy (non-hydrogen) atoms. The number of rotatable bonds is 9. The van der Waals surface area contributed by atoms with Crippen LogP contribution in [0.1, 0.15) is 50.4 Å². The molecule has 130 valence electrons. The van der Waals surface area contributed by atoms with Crippen molar-refractivity contribution in [3.8, 4) is 11.4 Å². The maximum Gasteiger partial charge on any atom is 0.158 e. The molecule has 0 radical (unpaired) electrons. The third-order valence-electron chi connectivity index (χ3n) is 4.43. The van der Waals surface area contributed by atoms with Crippen LogP contribution in [-0.4, -0.2) is 14.8 Å². The Morgan fingerprint density at radius 1 is 0.800 bits per heavy atom. The predicted molar refractivity (Wildman–Crippen MR) is 103 cm³/mol. The second-order valence-electron chi connectivity index (χ2n) is 6.53. The zero-order valence-electron chi connectivity index (χ0n) is 15.1. The molecule has 0 amide bonds. The minimum Gasteiger partial charge on any atom is -0.241 e. The van der Waals surface area contributed by atoms with E-state index in [1.165, 1.54) is 37.7 Å². The molecule has 0 saturated carbocycles. The lowest BCUT2D eigenvalue weighted by molar-refractivity contribution is 0.614. The van der Waals surface area contributed by atoms with Crippen molar-refractivity contribution >= 4 is 0 Å². The van der Waals surface area contributed by atoms with Crippen molar-refractivity contribution in [1.82, 2.24) is 14.8 Å². The molecule has 0 atom stereocenters. The summed E-state index contributed by atoms with van der Waals surface area (Å²) in [6.07, 6.45) is 7.32. The highest BCUT2D eigenvalue weighted by Gasteiger charge is 2.12. The van der Waals surface area contributed by atoms with Gasteiger partial charge in [-0.2, -0.15) is 5.10 Å². The summed E-state index contributed by atoms with van der Waals surface area (Å²) in [4.78, 5) is 4.85. The van der Waals surface area contributed by atoms with E-state index in [9.17, 15) is 0 Å². The number of benzene rings is 2. The molecule has 0 fully saturated rings. The first kappa shape index (κ1) is 17.4. The molecular weight excluding hydrogens is 306 g/mol. The number of aromatic nitrogens is 3. The highest BCUT2D eigenvalue weighted by Crippen LogP contribution is 2.19. The molecule has 0 bridgehead atoms. The van der Waals surface area contributed by atoms with Crippen LogP contribution in [0.5, 0.6) is 0 Å². The molecule has 3 nitrogen and oxygen atoms in total. The van der Waals surface area contributed by atoms with Crippen LogP contribution in [0.4, 0.5) is 0 Å². The summed E-state index contributed by atoms with van der Waals surface area (Å²) in [7, 11) is 0. The van der Waals surface area contributed by atoms with Gasteiger partial charge in [0.1, 0.15) is 0 Å². The van der Waals surface area contributed by atoms with Gasteiger partial charge in [0, 0.05) is 12.0 Å². The predicted octanol–water partition coefficient (Wildman–Crippen LogP) is 5.51. The van der Waals surface area contributed by atoms with Crippen LogP contribution in [0.2, 0.25) is 0 Å². The maximum absolute atomic E-state index is 4.85. The fourth-order valence-corrected chi connectivity index (χ4v) is 3.05. The van der Waals surface area contributed by atoms with E-state index in [2.05, 4.69) is 55.5 Å². The molecule has 0 aliphatic rings. The molecule has 3 aromatic rings. The summed E-state index contributed by atoms with van der Waals surface area (Å²) >= 11 is 0. The Morgan fingerprint density at radius 3 is 2.20 bits per heavy atom. The van der Waals surface area contributed by atoms with Crippen LogP contribution >= 0.6 is 0 Å². The van der Waals surface area contributed by atoms with Gasteiger partial charge >= 0.3 is 0 Å². The number of nitrogens with zero attached hydrogens (tertiary/aromatic N) is 3. The van der Waals surface area contributed by atoms with E-state index in [-0.39, 0.29) is 0 Å². The van der Waals surface area contributed by atoms with Crippen molar-refractivity contribution in [3.63, 3.8) is 0 Å². The number of hydrogen-bond acceptors (Lipinski definition) is 2. The minimum atomic E-state index is 0.758. The van der Waals surface area contributed by atoms with Gasteiger partial charge in [-0.1, -0.05) is 93.3 Å². The van der Waals surface area contributed by atoms with Gasteiger partial charge in [-0.15, -0.1) is 0 Å². The van der Waals surface area contributed by atoms with Crippen molar-refractivity contribution in [3.05, 3.63) is 72.1 Å². The van der Waals surface area contributed by atoms with Gasteiger partial charge in [0.15, 0.2) is 11.6 Å². The molecular formula is C22H27N3. The fourth-order valence-electron chi connectivity index (χ4n) is 3.05. The third-order valence-corrected chi connectivity index (χ3v) is 4.43. The molecule has 3 rings (SSSR count). The van der Waals surface area contributed by atoms with Gasteiger partial charge in [0.05, 0.1) is 6.54 Å². The lowest BCUT2D eigenvalue weighted by atomic mass is 10.1. The van der Waals surface area contributed by atoms with E-state index in [0.717, 1.165) is 30.2 Å². The Labute approximate surface area is 150 Å². The molecule has 0 N–H and O–H groups in total. The van der Waals surface area contributed by atoms with E-state index in [1.807, 2.05) is 16.8 Å². The van der Waals surface area contributed by atoms with Crippen LogP contribution in [0.3, 0.4) is 0 Å². The SMILES string of the molecule is CCCCCCCc1nc(-c2ccccc2)n(Cc2ccccc2)n1. The summed E-state index contributed by atoms with van der Waals surface area (Å²) in [5.41, 5.74) is 2.38.